The molecule has 6 N–H and O–H groups in total. The number of phenolic OH excluding ortho intramolecular Hbond substituents is 2. The zero-order chi connectivity index (χ0) is 42.9. The predicted octanol–water partition coefficient (Wildman–Crippen LogP) is 7.92. The third-order valence-electron chi connectivity index (χ3n) is 11.0. The van der Waals surface area contributed by atoms with Gasteiger partial charge >= 0.3 is 5.97 Å². The summed E-state index contributed by atoms with van der Waals surface area (Å²) in [5, 5.41) is 31.6. The van der Waals surface area contributed by atoms with Crippen molar-refractivity contribution in [1.29, 1.82) is 0 Å². The third-order valence-corrected chi connectivity index (χ3v) is 11.6. The van der Waals surface area contributed by atoms with Crippen molar-refractivity contribution < 1.29 is 24.9 Å². The lowest BCUT2D eigenvalue weighted by molar-refractivity contribution is -0.137. The zero-order valence-corrected chi connectivity index (χ0v) is 36.3. The number of hydrogen-bond donors (Lipinski definition) is 5. The van der Waals surface area contributed by atoms with E-state index in [2.05, 4.69) is 31.2 Å². The predicted molar refractivity (Wildman–Crippen MR) is 236 cm³/mol. The van der Waals surface area contributed by atoms with E-state index in [9.17, 15) is 19.8 Å². The van der Waals surface area contributed by atoms with Gasteiger partial charge in [-0.2, -0.15) is 0 Å². The Morgan fingerprint density at radius 2 is 1.20 bits per heavy atom. The number of nitrogens with one attached hydrogen (secondary N) is 1. The summed E-state index contributed by atoms with van der Waals surface area (Å²) in [4.78, 5) is 35.9. The fourth-order valence-electron chi connectivity index (χ4n) is 6.97. The number of aromatic nitrogens is 2. The molecule has 0 bridgehead atoms. The summed E-state index contributed by atoms with van der Waals surface area (Å²) >= 11 is 11.9. The Kier molecular flexibility index (Phi) is 19.4. The van der Waals surface area contributed by atoms with Gasteiger partial charge in [-0.3, -0.25) is 19.6 Å². The van der Waals surface area contributed by atoms with Crippen LogP contribution >= 0.6 is 23.2 Å². The number of nitrogens with zero attached hydrogens (tertiary/aromatic N) is 4. The number of halogens is 2. The fourth-order valence-corrected chi connectivity index (χ4v) is 7.38. The van der Waals surface area contributed by atoms with Gasteiger partial charge in [0.25, 0.3) is 0 Å². The van der Waals surface area contributed by atoms with Gasteiger partial charge in [0.15, 0.2) is 0 Å². The Labute approximate surface area is 360 Å². The number of rotatable bonds is 19. The van der Waals surface area contributed by atoms with E-state index in [1.165, 1.54) is 25.7 Å². The highest BCUT2D eigenvalue weighted by Crippen LogP contribution is 2.40. The topological polar surface area (TPSA) is 165 Å². The summed E-state index contributed by atoms with van der Waals surface area (Å²) in [6.07, 6.45) is 16.6. The van der Waals surface area contributed by atoms with E-state index in [0.717, 1.165) is 59.8 Å². The normalized spacial score (nSPS) is 15.5. The lowest BCUT2D eigenvalue weighted by Gasteiger charge is -2.25. The monoisotopic (exact) mass is 848 g/mol. The van der Waals surface area contributed by atoms with Gasteiger partial charge in [0.2, 0.25) is 5.91 Å². The van der Waals surface area contributed by atoms with Crippen molar-refractivity contribution in [2.75, 3.05) is 41.3 Å². The highest BCUT2D eigenvalue weighted by atomic mass is 35.5. The molecule has 1 amide bonds. The van der Waals surface area contributed by atoms with Crippen molar-refractivity contribution in [2.45, 2.75) is 88.1 Å². The first-order chi connectivity index (χ1) is 28.2. The smallest absolute Gasteiger partial charge is 0.303 e. The molecule has 11 nitrogen and oxygen atoms in total. The number of carbonyl (C=O) groups is 2. The second-order valence-corrected chi connectivity index (χ2v) is 17.2. The largest absolute Gasteiger partial charge is 0.506 e. The zero-order valence-electron chi connectivity index (χ0n) is 34.8. The summed E-state index contributed by atoms with van der Waals surface area (Å²) in [6.45, 7) is 1.17. The number of benzene rings is 2. The molecule has 2 fully saturated rings. The van der Waals surface area contributed by atoms with Crippen LogP contribution < -0.4 is 11.1 Å². The average Bonchev–Trinajstić information content (AvgIpc) is 4.16. The van der Waals surface area contributed by atoms with E-state index >= 15 is 0 Å². The van der Waals surface area contributed by atoms with Crippen molar-refractivity contribution in [1.82, 2.24) is 25.1 Å². The lowest BCUT2D eigenvalue weighted by atomic mass is 9.91. The van der Waals surface area contributed by atoms with Crippen LogP contribution in [0, 0.1) is 11.8 Å². The molecule has 2 aliphatic carbocycles. The van der Waals surface area contributed by atoms with Crippen molar-refractivity contribution in [3.63, 3.8) is 0 Å². The van der Waals surface area contributed by atoms with Crippen LogP contribution in [0.2, 0.25) is 10.0 Å². The van der Waals surface area contributed by atoms with Crippen molar-refractivity contribution >= 4 is 35.1 Å². The van der Waals surface area contributed by atoms with Gasteiger partial charge in [-0.25, -0.2) is 0 Å². The third kappa shape index (κ3) is 17.5. The molecule has 2 saturated carbocycles. The molecule has 59 heavy (non-hydrogen) atoms. The van der Waals surface area contributed by atoms with Crippen LogP contribution in [0.5, 0.6) is 11.5 Å². The number of aliphatic carboxylic acids is 1. The maximum absolute atomic E-state index is 12.7. The first-order valence-electron chi connectivity index (χ1n) is 20.5. The molecule has 4 aromatic rings. The molecule has 320 valence electrons. The lowest BCUT2D eigenvalue weighted by Crippen LogP contribution is -2.41. The van der Waals surface area contributed by atoms with E-state index in [1.54, 1.807) is 42.9 Å². The molecule has 2 aromatic heterocycles. The Morgan fingerprint density at radius 1 is 0.746 bits per heavy atom. The number of carboxylic acid groups (broad SMARTS) is 1. The number of likely N-dealkylation sites (N-methyl/N-ethyl adjacent to an activating group) is 2. The molecule has 2 heterocycles. The first kappa shape index (κ1) is 47.4. The van der Waals surface area contributed by atoms with Gasteiger partial charge < -0.3 is 36.2 Å². The maximum atomic E-state index is 12.7. The average molecular weight is 850 g/mol. The number of carboxylic acids is 1. The number of pyridine rings is 2. The van der Waals surface area contributed by atoms with Crippen LogP contribution in [0.4, 0.5) is 0 Å². The van der Waals surface area contributed by atoms with E-state index in [0.29, 0.717) is 35.6 Å². The minimum absolute atomic E-state index is 0.0788. The summed E-state index contributed by atoms with van der Waals surface area (Å²) in [5.41, 5.74) is 9.99. The van der Waals surface area contributed by atoms with Crippen molar-refractivity contribution in [2.24, 2.45) is 17.6 Å². The number of amides is 1. The van der Waals surface area contributed by atoms with Gasteiger partial charge in [0.05, 0.1) is 16.5 Å². The van der Waals surface area contributed by atoms with Crippen LogP contribution in [0.25, 0.3) is 0 Å². The van der Waals surface area contributed by atoms with Gasteiger partial charge in [-0.1, -0.05) is 73.2 Å². The molecule has 0 spiro atoms. The highest BCUT2D eigenvalue weighted by Gasteiger charge is 2.29. The number of aromatic hydroxyl groups is 2. The van der Waals surface area contributed by atoms with E-state index < -0.39 is 5.97 Å². The highest BCUT2D eigenvalue weighted by molar-refractivity contribution is 6.32. The van der Waals surface area contributed by atoms with Gasteiger partial charge in [-0.15, -0.1) is 0 Å². The summed E-state index contributed by atoms with van der Waals surface area (Å²) in [6, 6.07) is 18.8. The Hall–Kier alpha value is -4.26. The number of carbonyl (C=O) groups excluding carboxylic acids is 1. The van der Waals surface area contributed by atoms with Crippen molar-refractivity contribution in [3.05, 3.63) is 118 Å². The quantitative estimate of drug-likeness (QED) is 0.0626. The Balaban J connectivity index is 0.000000215. The second kappa shape index (κ2) is 24.1. The van der Waals surface area contributed by atoms with Crippen LogP contribution in [0.1, 0.15) is 85.5 Å². The summed E-state index contributed by atoms with van der Waals surface area (Å²) in [7, 11) is 8.01. The Bertz CT molecular complexity index is 1880. The standard InChI is InChI=1S/C23H30ClN3O2.C12H15NO2.C11H17ClN2O/c1-27(2)20(11-17-7-8-22(28)21(24)12-17)15-26-23(29)13-19(10-16-5-6-16)18-4-3-9-25-14-18;14-12(15)7-11(6-9-3-4-9)10-2-1-5-13-8-10;1-14(2)9(7-13)5-8-3-4-11(15)10(12)6-8/h3-4,7-9,12,14,16,19-20,28H,5-6,10-11,13,15H2,1-2H3,(H,26,29);1-2,5,8-9,11H,3-4,6-7H2,(H,14,15);3-4,6,9,15H,5,7,13H2,1-2H3/t19-,20-;11-;9-/m000/s1. The molecule has 0 saturated heterocycles. The fraction of sp³-hybridized carbons (Fsp3) is 0.478. The van der Waals surface area contributed by atoms with Gasteiger partial charge in [0.1, 0.15) is 11.5 Å². The van der Waals surface area contributed by atoms with E-state index in [4.69, 9.17) is 34.0 Å². The van der Waals surface area contributed by atoms with Crippen molar-refractivity contribution in [3.8, 4) is 11.5 Å². The molecule has 0 aliphatic heterocycles. The molecular weight excluding hydrogens is 787 g/mol. The van der Waals surface area contributed by atoms with E-state index in [-0.39, 0.29) is 41.7 Å². The van der Waals surface area contributed by atoms with Crippen LogP contribution in [-0.4, -0.2) is 100 Å². The Morgan fingerprint density at radius 3 is 1.58 bits per heavy atom. The van der Waals surface area contributed by atoms with Gasteiger partial charge in [-0.05, 0) is 136 Å². The minimum atomic E-state index is -0.718. The second-order valence-electron chi connectivity index (χ2n) is 16.4. The minimum Gasteiger partial charge on any atom is -0.506 e. The summed E-state index contributed by atoms with van der Waals surface area (Å²) in [5.74, 6) is 1.43. The number of hydrogen-bond acceptors (Lipinski definition) is 9. The van der Waals surface area contributed by atoms with Crippen LogP contribution in [0.15, 0.2) is 85.5 Å². The molecule has 13 heteroatoms. The molecule has 4 atom stereocenters. The molecule has 2 aliphatic rings. The number of nitrogens with two attached hydrogens (primary N) is 1. The van der Waals surface area contributed by atoms with Gasteiger partial charge in [0, 0.05) is 56.4 Å². The molecule has 2 aromatic carbocycles. The molecule has 0 unspecified atom stereocenters. The maximum Gasteiger partial charge on any atom is 0.303 e. The molecular formula is C46H62Cl2N6O5. The van der Waals surface area contributed by atoms with Crippen LogP contribution in [-0.2, 0) is 22.4 Å². The molecule has 0 radical (unpaired) electrons. The number of phenols is 2. The van der Waals surface area contributed by atoms with E-state index in [1.807, 2.05) is 64.7 Å². The van der Waals surface area contributed by atoms with Crippen LogP contribution in [0.3, 0.4) is 0 Å². The molecule has 6 rings (SSSR count). The summed E-state index contributed by atoms with van der Waals surface area (Å²) < 4.78 is 0. The first-order valence-corrected chi connectivity index (χ1v) is 21.2. The SMILES string of the molecule is CN(C)[C@H](CN)Cc1ccc(O)c(Cl)c1.CN(C)[C@H](CNC(=O)C[C@H](CC1CC1)c1cccnc1)Cc1ccc(O)c(Cl)c1.O=C(O)C[C@H](CC1CC1)c1cccnc1.